The molecule has 0 spiro atoms. The lowest BCUT2D eigenvalue weighted by Gasteiger charge is -2.15. The Morgan fingerprint density at radius 2 is 1.00 bits per heavy atom. The fourth-order valence-corrected chi connectivity index (χ4v) is 6.95. The minimum absolute atomic E-state index is 1.11. The molecule has 8 aromatic rings. The summed E-state index contributed by atoms with van der Waals surface area (Å²) in [5.74, 6) is 0. The number of fused-ring (bicyclic) bond motifs is 6. The van der Waals surface area contributed by atoms with E-state index in [1.54, 1.807) is 0 Å². The summed E-state index contributed by atoms with van der Waals surface area (Å²) in [5.41, 5.74) is 11.7. The van der Waals surface area contributed by atoms with Gasteiger partial charge in [0.25, 0.3) is 0 Å². The van der Waals surface area contributed by atoms with Crippen LogP contribution in [-0.2, 0) is 0 Å². The van der Waals surface area contributed by atoms with Gasteiger partial charge in [0.05, 0.1) is 0 Å². The number of aromatic nitrogens is 1. The summed E-state index contributed by atoms with van der Waals surface area (Å²) in [7, 11) is 0. The van der Waals surface area contributed by atoms with Crippen molar-refractivity contribution in [2.24, 2.45) is 4.99 Å². The first kappa shape index (κ1) is 30.9. The van der Waals surface area contributed by atoms with Crippen molar-refractivity contribution in [1.29, 1.82) is 0 Å². The van der Waals surface area contributed by atoms with Crippen LogP contribution in [0.5, 0.6) is 0 Å². The van der Waals surface area contributed by atoms with Crippen molar-refractivity contribution < 1.29 is 0 Å². The molecule has 0 radical (unpaired) electrons. The molecule has 0 aliphatic heterocycles. The number of aliphatic imine (C=N–C) groups is 1. The molecule has 1 heterocycles. The van der Waals surface area contributed by atoms with Gasteiger partial charge in [-0.1, -0.05) is 115 Å². The van der Waals surface area contributed by atoms with E-state index >= 15 is 0 Å². The normalized spacial score (nSPS) is 11.6. The van der Waals surface area contributed by atoms with Crippen molar-refractivity contribution in [2.75, 3.05) is 0 Å². The summed E-state index contributed by atoms with van der Waals surface area (Å²) in [6, 6.07) is 53.0. The molecule has 0 aliphatic carbocycles. The quantitative estimate of drug-likeness (QED) is 0.126. The van der Waals surface area contributed by atoms with E-state index in [2.05, 4.69) is 162 Å². The van der Waals surface area contributed by atoms with Gasteiger partial charge in [0, 0.05) is 24.8 Å². The van der Waals surface area contributed by atoms with E-state index in [0.29, 0.717) is 0 Å². The Labute approximate surface area is 293 Å². The average molecular weight is 641 g/mol. The van der Waals surface area contributed by atoms with Gasteiger partial charge in [0.2, 0.25) is 0 Å². The van der Waals surface area contributed by atoms with Crippen molar-refractivity contribution in [3.63, 3.8) is 0 Å². The summed E-state index contributed by atoms with van der Waals surface area (Å²) < 4.78 is 0. The number of hydrogen-bond donors (Lipinski definition) is 0. The van der Waals surface area contributed by atoms with Gasteiger partial charge >= 0.3 is 0 Å². The first-order chi connectivity index (χ1) is 24.6. The number of pyridine rings is 1. The lowest BCUT2D eigenvalue weighted by Crippen LogP contribution is -1.89. The highest BCUT2D eigenvalue weighted by molar-refractivity contribution is 6.25. The number of allylic oxidation sites excluding steroid dienone is 2. The molecule has 238 valence electrons. The van der Waals surface area contributed by atoms with Crippen LogP contribution in [0, 0.1) is 0 Å². The van der Waals surface area contributed by atoms with Crippen LogP contribution < -0.4 is 0 Å². The number of rotatable bonds is 7. The van der Waals surface area contributed by atoms with E-state index < -0.39 is 0 Å². The Kier molecular flexibility index (Phi) is 8.42. The van der Waals surface area contributed by atoms with Crippen LogP contribution in [0.2, 0.25) is 0 Å². The van der Waals surface area contributed by atoms with Crippen molar-refractivity contribution in [2.45, 2.75) is 13.8 Å². The first-order valence-corrected chi connectivity index (χ1v) is 17.0. The zero-order chi connectivity index (χ0) is 33.9. The summed E-state index contributed by atoms with van der Waals surface area (Å²) in [6.45, 7) is 4.09. The highest BCUT2D eigenvalue weighted by Gasteiger charge is 2.13. The molecule has 0 amide bonds. The van der Waals surface area contributed by atoms with Gasteiger partial charge < -0.3 is 0 Å². The Morgan fingerprint density at radius 1 is 0.460 bits per heavy atom. The molecule has 0 saturated heterocycles. The molecule has 8 rings (SSSR count). The van der Waals surface area contributed by atoms with Gasteiger partial charge in [-0.25, -0.2) is 0 Å². The molecule has 0 saturated carbocycles. The molecule has 0 N–H and O–H groups in total. The van der Waals surface area contributed by atoms with Crippen molar-refractivity contribution >= 4 is 44.6 Å². The monoisotopic (exact) mass is 640 g/mol. The summed E-state index contributed by atoms with van der Waals surface area (Å²) in [5, 5.41) is 7.72. The van der Waals surface area contributed by atoms with Gasteiger partial charge in [0.1, 0.15) is 0 Å². The largest absolute Gasteiger partial charge is 0.265 e. The fourth-order valence-electron chi connectivity index (χ4n) is 6.95. The number of benzene rings is 7. The van der Waals surface area contributed by atoms with Crippen LogP contribution in [0.3, 0.4) is 0 Å². The van der Waals surface area contributed by atoms with Gasteiger partial charge in [-0.2, -0.15) is 0 Å². The van der Waals surface area contributed by atoms with Gasteiger partial charge in [-0.15, -0.1) is 0 Å². The Hall–Kier alpha value is -6.38. The Balaban J connectivity index is 1.23. The van der Waals surface area contributed by atoms with Crippen molar-refractivity contribution in [1.82, 2.24) is 4.98 Å². The minimum atomic E-state index is 1.11. The molecular formula is C48H36N2. The van der Waals surface area contributed by atoms with Crippen LogP contribution in [0.25, 0.3) is 82.9 Å². The molecule has 2 heteroatoms. The van der Waals surface area contributed by atoms with E-state index in [0.717, 1.165) is 27.8 Å². The van der Waals surface area contributed by atoms with E-state index in [9.17, 15) is 0 Å². The SMILES string of the molecule is CC(C)=CN=C/C=C/c1cc(-c2ccncc2)cc(-c2cccc(-c3ccccc3-c3ccc4c5ccccc5c5ccccc5c4c3)c2)c1. The van der Waals surface area contributed by atoms with Gasteiger partial charge in [-0.3, -0.25) is 9.98 Å². The predicted octanol–water partition coefficient (Wildman–Crippen LogP) is 13.2. The maximum Gasteiger partial charge on any atom is 0.0273 e. The highest BCUT2D eigenvalue weighted by atomic mass is 14.7. The summed E-state index contributed by atoms with van der Waals surface area (Å²) >= 11 is 0. The maximum atomic E-state index is 4.39. The third-order valence-electron chi connectivity index (χ3n) is 9.25. The standard InChI is InChI=1S/C48H36N2/c1-33(2)32-50-24-10-11-34-27-39(35-22-25-49-26-23-35)30-40(28-34)36-12-9-13-37(29-36)41-14-3-4-15-42(41)38-20-21-47-45-18-6-5-16-43(45)44-17-7-8-19-46(44)48(47)31-38/h3-32H,1-2H3/b11-10+,50-24?. The number of hydrogen-bond acceptors (Lipinski definition) is 2. The molecule has 1 aromatic heterocycles. The van der Waals surface area contributed by atoms with Gasteiger partial charge in [0.15, 0.2) is 0 Å². The van der Waals surface area contributed by atoms with Crippen LogP contribution in [-0.4, -0.2) is 11.2 Å². The molecule has 7 aromatic carbocycles. The molecule has 50 heavy (non-hydrogen) atoms. The summed E-state index contributed by atoms with van der Waals surface area (Å²) in [4.78, 5) is 8.63. The molecule has 0 bridgehead atoms. The Morgan fingerprint density at radius 3 is 1.66 bits per heavy atom. The molecule has 0 fully saturated rings. The third kappa shape index (κ3) is 6.16. The second kappa shape index (κ2) is 13.6. The fraction of sp³-hybridized carbons (Fsp3) is 0.0417. The maximum absolute atomic E-state index is 4.39. The Bertz CT molecular complexity index is 2570. The zero-order valence-corrected chi connectivity index (χ0v) is 28.2. The lowest BCUT2D eigenvalue weighted by molar-refractivity contribution is 1.33. The number of nitrogens with zero attached hydrogens (tertiary/aromatic N) is 2. The molecule has 2 nitrogen and oxygen atoms in total. The molecular weight excluding hydrogens is 605 g/mol. The smallest absolute Gasteiger partial charge is 0.0273 e. The van der Waals surface area contributed by atoms with Crippen LogP contribution in [0.15, 0.2) is 181 Å². The van der Waals surface area contributed by atoms with Crippen LogP contribution in [0.4, 0.5) is 0 Å². The molecule has 0 aliphatic rings. The van der Waals surface area contributed by atoms with Crippen molar-refractivity contribution in [3.05, 3.63) is 181 Å². The second-order valence-electron chi connectivity index (χ2n) is 12.9. The molecule has 0 atom stereocenters. The van der Waals surface area contributed by atoms with Crippen LogP contribution >= 0.6 is 0 Å². The third-order valence-corrected chi connectivity index (χ3v) is 9.25. The van der Waals surface area contributed by atoms with Gasteiger partial charge in [-0.05, 0) is 145 Å². The topological polar surface area (TPSA) is 25.2 Å². The lowest BCUT2D eigenvalue weighted by atomic mass is 9.89. The van der Waals surface area contributed by atoms with E-state index in [1.807, 2.05) is 44.7 Å². The summed E-state index contributed by atoms with van der Waals surface area (Å²) in [6.07, 6.45) is 11.5. The predicted molar refractivity (Wildman–Crippen MR) is 215 cm³/mol. The zero-order valence-electron chi connectivity index (χ0n) is 28.2. The first-order valence-electron chi connectivity index (χ1n) is 17.0. The van der Waals surface area contributed by atoms with E-state index in [4.69, 9.17) is 0 Å². The second-order valence-corrected chi connectivity index (χ2v) is 12.9. The van der Waals surface area contributed by atoms with Crippen LogP contribution in [0.1, 0.15) is 19.4 Å². The highest BCUT2D eigenvalue weighted by Crippen LogP contribution is 2.40. The van der Waals surface area contributed by atoms with E-state index in [1.165, 1.54) is 60.1 Å². The van der Waals surface area contributed by atoms with Crippen molar-refractivity contribution in [3.8, 4) is 44.5 Å². The minimum Gasteiger partial charge on any atom is -0.265 e. The average Bonchev–Trinajstić information content (AvgIpc) is 3.18. The van der Waals surface area contributed by atoms with E-state index in [-0.39, 0.29) is 0 Å². The molecule has 0 unspecified atom stereocenters.